The normalized spacial score (nSPS) is 11.7. The summed E-state index contributed by atoms with van der Waals surface area (Å²) in [5.74, 6) is 0. The van der Waals surface area contributed by atoms with E-state index in [1.54, 1.807) is 0 Å². The highest BCUT2D eigenvalue weighted by Gasteiger charge is 2.22. The molecule has 0 bridgehead atoms. The van der Waals surface area contributed by atoms with Crippen molar-refractivity contribution in [1.82, 2.24) is 0 Å². The standard InChI is InChI=1S/C12H10BrCl2NO2S2/c1-6-3-8(13)4-7(2)11(6)16-20(17,18)9-5-10(14)19-12(9)15/h3-5,16H,1-2H3. The second-order valence-corrected chi connectivity index (χ2v) is 9.06. The second-order valence-electron chi connectivity index (χ2n) is 4.21. The third kappa shape index (κ3) is 3.31. The van der Waals surface area contributed by atoms with Crippen LogP contribution in [0.15, 0.2) is 27.6 Å². The molecule has 0 amide bonds. The molecule has 0 aliphatic heterocycles. The number of sulfonamides is 1. The quantitative estimate of drug-likeness (QED) is 0.746. The number of nitrogens with one attached hydrogen (secondary N) is 1. The van der Waals surface area contributed by atoms with Crippen LogP contribution >= 0.6 is 50.5 Å². The van der Waals surface area contributed by atoms with Crippen LogP contribution in [0.25, 0.3) is 0 Å². The van der Waals surface area contributed by atoms with E-state index in [9.17, 15) is 8.42 Å². The number of rotatable bonds is 3. The number of hydrogen-bond acceptors (Lipinski definition) is 3. The Morgan fingerprint density at radius 1 is 1.15 bits per heavy atom. The van der Waals surface area contributed by atoms with Crippen molar-refractivity contribution in [2.75, 3.05) is 4.72 Å². The summed E-state index contributed by atoms with van der Waals surface area (Å²) in [5, 5.41) is 0. The van der Waals surface area contributed by atoms with Gasteiger partial charge in [0.2, 0.25) is 0 Å². The summed E-state index contributed by atoms with van der Waals surface area (Å²) >= 11 is 16.1. The molecule has 3 nitrogen and oxygen atoms in total. The van der Waals surface area contributed by atoms with E-state index < -0.39 is 10.0 Å². The Labute approximate surface area is 140 Å². The number of hydrogen-bond donors (Lipinski definition) is 1. The van der Waals surface area contributed by atoms with E-state index in [0.29, 0.717) is 10.0 Å². The van der Waals surface area contributed by atoms with Crippen molar-refractivity contribution in [2.45, 2.75) is 18.7 Å². The van der Waals surface area contributed by atoms with E-state index in [0.717, 1.165) is 26.9 Å². The van der Waals surface area contributed by atoms with Gasteiger partial charge in [0.05, 0.1) is 10.0 Å². The maximum absolute atomic E-state index is 12.4. The smallest absolute Gasteiger partial charge is 0.264 e. The van der Waals surface area contributed by atoms with E-state index in [1.807, 2.05) is 26.0 Å². The Morgan fingerprint density at radius 2 is 1.70 bits per heavy atom. The molecule has 1 aromatic carbocycles. The molecule has 1 aromatic heterocycles. The van der Waals surface area contributed by atoms with Crippen molar-refractivity contribution >= 4 is 66.2 Å². The van der Waals surface area contributed by atoms with Crippen LogP contribution in [-0.2, 0) is 10.0 Å². The summed E-state index contributed by atoms with van der Waals surface area (Å²) in [6, 6.07) is 5.03. The van der Waals surface area contributed by atoms with Crippen LogP contribution in [0.4, 0.5) is 5.69 Å². The van der Waals surface area contributed by atoms with Crippen LogP contribution < -0.4 is 4.72 Å². The predicted octanol–water partition coefficient (Wildman–Crippen LogP) is 5.24. The van der Waals surface area contributed by atoms with Gasteiger partial charge in [-0.2, -0.15) is 0 Å². The molecule has 0 saturated carbocycles. The largest absolute Gasteiger partial charge is 0.279 e. The monoisotopic (exact) mass is 413 g/mol. The minimum Gasteiger partial charge on any atom is -0.279 e. The average Bonchev–Trinajstić information content (AvgIpc) is 2.64. The fraction of sp³-hybridized carbons (Fsp3) is 0.167. The maximum Gasteiger partial charge on any atom is 0.264 e. The highest BCUT2D eigenvalue weighted by atomic mass is 79.9. The van der Waals surface area contributed by atoms with E-state index in [2.05, 4.69) is 20.7 Å². The Balaban J connectivity index is 2.46. The summed E-state index contributed by atoms with van der Waals surface area (Å²) in [4.78, 5) is -0.00381. The zero-order chi connectivity index (χ0) is 15.1. The van der Waals surface area contributed by atoms with Gasteiger partial charge in [-0.25, -0.2) is 8.42 Å². The van der Waals surface area contributed by atoms with Gasteiger partial charge in [-0.1, -0.05) is 39.1 Å². The first-order valence-electron chi connectivity index (χ1n) is 5.45. The highest BCUT2D eigenvalue weighted by Crippen LogP contribution is 2.36. The van der Waals surface area contributed by atoms with Crippen molar-refractivity contribution in [3.63, 3.8) is 0 Å². The summed E-state index contributed by atoms with van der Waals surface area (Å²) in [6.45, 7) is 3.66. The van der Waals surface area contributed by atoms with Crippen LogP contribution in [-0.4, -0.2) is 8.42 Å². The molecule has 0 aliphatic carbocycles. The first kappa shape index (κ1) is 16.1. The first-order chi connectivity index (χ1) is 9.20. The van der Waals surface area contributed by atoms with Gasteiger partial charge in [0.25, 0.3) is 10.0 Å². The third-order valence-electron chi connectivity index (χ3n) is 2.65. The lowest BCUT2D eigenvalue weighted by atomic mass is 10.1. The van der Waals surface area contributed by atoms with Gasteiger partial charge in [0, 0.05) is 4.47 Å². The van der Waals surface area contributed by atoms with Gasteiger partial charge in [-0.3, -0.25) is 4.72 Å². The van der Waals surface area contributed by atoms with Gasteiger partial charge >= 0.3 is 0 Å². The molecule has 8 heteroatoms. The van der Waals surface area contributed by atoms with Gasteiger partial charge in [-0.05, 0) is 43.2 Å². The first-order valence-corrected chi connectivity index (χ1v) is 9.30. The third-order valence-corrected chi connectivity index (χ3v) is 6.21. The Hall–Kier alpha value is -0.270. The topological polar surface area (TPSA) is 46.2 Å². The number of aryl methyl sites for hydroxylation is 2. The SMILES string of the molecule is Cc1cc(Br)cc(C)c1NS(=O)(=O)c1cc(Cl)sc1Cl. The minimum atomic E-state index is -3.75. The van der Waals surface area contributed by atoms with Gasteiger partial charge < -0.3 is 0 Å². The zero-order valence-corrected chi connectivity index (χ0v) is 15.2. The fourth-order valence-corrected chi connectivity index (χ4v) is 5.81. The van der Waals surface area contributed by atoms with Crippen molar-refractivity contribution in [1.29, 1.82) is 0 Å². The van der Waals surface area contributed by atoms with Crippen LogP contribution in [0.2, 0.25) is 8.67 Å². The van der Waals surface area contributed by atoms with Gasteiger partial charge in [-0.15, -0.1) is 11.3 Å². The fourth-order valence-electron chi connectivity index (χ4n) is 1.77. The lowest BCUT2D eigenvalue weighted by Gasteiger charge is -2.13. The molecule has 108 valence electrons. The molecule has 0 unspecified atom stereocenters. The molecule has 0 atom stereocenters. The molecule has 0 spiro atoms. The van der Waals surface area contributed by atoms with Crippen LogP contribution in [0.3, 0.4) is 0 Å². The molecule has 1 heterocycles. The molecular weight excluding hydrogens is 405 g/mol. The summed E-state index contributed by atoms with van der Waals surface area (Å²) in [7, 11) is -3.75. The van der Waals surface area contributed by atoms with Crippen LogP contribution in [0, 0.1) is 13.8 Å². The molecule has 1 N–H and O–H groups in total. The average molecular weight is 415 g/mol. The molecule has 0 saturated heterocycles. The zero-order valence-electron chi connectivity index (χ0n) is 10.5. The molecular formula is C12H10BrCl2NO2S2. The number of benzene rings is 1. The number of halogens is 3. The van der Waals surface area contributed by atoms with Crippen LogP contribution in [0.5, 0.6) is 0 Å². The Kier molecular flexibility index (Phi) is 4.71. The molecule has 0 aliphatic rings. The molecule has 0 radical (unpaired) electrons. The minimum absolute atomic E-state index is 0.00381. The molecule has 2 rings (SSSR count). The molecule has 20 heavy (non-hydrogen) atoms. The molecule has 0 fully saturated rings. The highest BCUT2D eigenvalue weighted by molar-refractivity contribution is 9.10. The van der Waals surface area contributed by atoms with E-state index in [1.165, 1.54) is 6.07 Å². The van der Waals surface area contributed by atoms with Crippen molar-refractivity contribution < 1.29 is 8.42 Å². The number of anilines is 1. The van der Waals surface area contributed by atoms with Crippen molar-refractivity contribution in [3.05, 3.63) is 42.5 Å². The lowest BCUT2D eigenvalue weighted by molar-refractivity contribution is 0.601. The predicted molar refractivity (Wildman–Crippen MR) is 88.8 cm³/mol. The van der Waals surface area contributed by atoms with Gasteiger partial charge in [0.1, 0.15) is 9.23 Å². The maximum atomic E-state index is 12.4. The summed E-state index contributed by atoms with van der Waals surface area (Å²) in [6.07, 6.45) is 0. The van der Waals surface area contributed by atoms with E-state index >= 15 is 0 Å². The lowest BCUT2D eigenvalue weighted by Crippen LogP contribution is -2.14. The summed E-state index contributed by atoms with van der Waals surface area (Å²) in [5.41, 5.74) is 2.18. The van der Waals surface area contributed by atoms with Gasteiger partial charge in [0.15, 0.2) is 0 Å². The van der Waals surface area contributed by atoms with Crippen LogP contribution in [0.1, 0.15) is 11.1 Å². The van der Waals surface area contributed by atoms with E-state index in [-0.39, 0.29) is 9.23 Å². The second kappa shape index (κ2) is 5.85. The van der Waals surface area contributed by atoms with E-state index in [4.69, 9.17) is 23.2 Å². The Bertz CT molecular complexity index is 749. The Morgan fingerprint density at radius 3 is 2.15 bits per heavy atom. The molecule has 2 aromatic rings. The van der Waals surface area contributed by atoms with Crippen molar-refractivity contribution in [2.24, 2.45) is 0 Å². The van der Waals surface area contributed by atoms with Crippen molar-refractivity contribution in [3.8, 4) is 0 Å². The number of thiophene rings is 1. The summed E-state index contributed by atoms with van der Waals surface area (Å²) < 4.78 is 28.7.